The maximum atomic E-state index is 5.75. The molecule has 3 rings (SSSR count). The first-order valence-electron chi connectivity index (χ1n) is 6.54. The van der Waals surface area contributed by atoms with E-state index in [0.29, 0.717) is 17.4 Å². The highest BCUT2D eigenvalue weighted by molar-refractivity contribution is 5.60. The first-order chi connectivity index (χ1) is 9.81. The lowest BCUT2D eigenvalue weighted by Gasteiger charge is -1.97. The monoisotopic (exact) mass is 265 g/mol. The maximum Gasteiger partial charge on any atom is 0.227 e. The highest BCUT2D eigenvalue weighted by Crippen LogP contribution is 2.18. The molecule has 100 valence electrons. The van der Waals surface area contributed by atoms with E-state index in [0.717, 1.165) is 18.4 Å². The van der Waals surface area contributed by atoms with E-state index in [1.807, 2.05) is 42.5 Å². The number of anilines is 1. The molecule has 20 heavy (non-hydrogen) atoms. The summed E-state index contributed by atoms with van der Waals surface area (Å²) in [5.74, 6) is 1.23. The number of nitrogens with two attached hydrogens (primary N) is 1. The second kappa shape index (κ2) is 5.57. The molecule has 0 saturated heterocycles. The molecule has 0 bridgehead atoms. The van der Waals surface area contributed by atoms with Gasteiger partial charge in [-0.25, -0.2) is 0 Å². The topological polar surface area (TPSA) is 64.9 Å². The van der Waals surface area contributed by atoms with Crippen LogP contribution in [-0.4, -0.2) is 10.1 Å². The Bertz CT molecular complexity index is 692. The SMILES string of the molecule is Nc1cccc(-c2noc(CCc3ccccc3)n2)c1. The van der Waals surface area contributed by atoms with Gasteiger partial charge in [0.05, 0.1) is 0 Å². The van der Waals surface area contributed by atoms with Crippen molar-refractivity contribution in [2.45, 2.75) is 12.8 Å². The van der Waals surface area contributed by atoms with Crippen molar-refractivity contribution in [3.8, 4) is 11.4 Å². The van der Waals surface area contributed by atoms with Gasteiger partial charge in [-0.1, -0.05) is 47.6 Å². The van der Waals surface area contributed by atoms with Gasteiger partial charge in [0, 0.05) is 17.7 Å². The fraction of sp³-hybridized carbons (Fsp3) is 0.125. The second-order valence-corrected chi connectivity index (χ2v) is 4.62. The molecule has 0 aliphatic carbocycles. The molecular weight excluding hydrogens is 250 g/mol. The van der Waals surface area contributed by atoms with Crippen molar-refractivity contribution in [3.05, 3.63) is 66.1 Å². The number of nitrogens with zero attached hydrogens (tertiary/aromatic N) is 2. The Morgan fingerprint density at radius 1 is 0.950 bits per heavy atom. The standard InChI is InChI=1S/C16H15N3O/c17-14-8-4-7-13(11-14)16-18-15(20-19-16)10-9-12-5-2-1-3-6-12/h1-8,11H,9-10,17H2. The molecule has 0 atom stereocenters. The average molecular weight is 265 g/mol. The van der Waals surface area contributed by atoms with Crippen molar-refractivity contribution in [1.29, 1.82) is 0 Å². The van der Waals surface area contributed by atoms with E-state index in [4.69, 9.17) is 10.3 Å². The first kappa shape index (κ1) is 12.4. The summed E-state index contributed by atoms with van der Waals surface area (Å²) in [4.78, 5) is 4.40. The zero-order valence-corrected chi connectivity index (χ0v) is 11.0. The van der Waals surface area contributed by atoms with Gasteiger partial charge >= 0.3 is 0 Å². The maximum absolute atomic E-state index is 5.75. The lowest BCUT2D eigenvalue weighted by Crippen LogP contribution is -1.91. The Labute approximate surface area is 117 Å². The van der Waals surface area contributed by atoms with Gasteiger partial charge in [-0.15, -0.1) is 0 Å². The van der Waals surface area contributed by atoms with Crippen LogP contribution in [0.25, 0.3) is 11.4 Å². The number of rotatable bonds is 4. The van der Waals surface area contributed by atoms with Crippen LogP contribution in [-0.2, 0) is 12.8 Å². The summed E-state index contributed by atoms with van der Waals surface area (Å²) in [6.45, 7) is 0. The molecule has 0 fully saturated rings. The number of benzene rings is 2. The molecule has 1 aromatic heterocycles. The molecule has 1 heterocycles. The third-order valence-electron chi connectivity index (χ3n) is 3.08. The Morgan fingerprint density at radius 3 is 2.60 bits per heavy atom. The van der Waals surface area contributed by atoms with Crippen LogP contribution >= 0.6 is 0 Å². The van der Waals surface area contributed by atoms with E-state index in [1.165, 1.54) is 5.56 Å². The fourth-order valence-electron chi connectivity index (χ4n) is 2.05. The quantitative estimate of drug-likeness (QED) is 0.736. The highest BCUT2D eigenvalue weighted by Gasteiger charge is 2.08. The Balaban J connectivity index is 1.71. The molecule has 0 amide bonds. The third-order valence-corrected chi connectivity index (χ3v) is 3.08. The lowest BCUT2D eigenvalue weighted by molar-refractivity contribution is 0.379. The molecule has 0 aliphatic rings. The van der Waals surface area contributed by atoms with E-state index >= 15 is 0 Å². The number of aromatic nitrogens is 2. The largest absolute Gasteiger partial charge is 0.399 e. The molecule has 4 heteroatoms. The zero-order chi connectivity index (χ0) is 13.8. The minimum absolute atomic E-state index is 0.584. The Kier molecular flexibility index (Phi) is 3.46. The molecule has 0 spiro atoms. The summed E-state index contributed by atoms with van der Waals surface area (Å²) >= 11 is 0. The van der Waals surface area contributed by atoms with Gasteiger partial charge < -0.3 is 10.3 Å². The summed E-state index contributed by atoms with van der Waals surface area (Å²) in [5.41, 5.74) is 8.58. The molecule has 4 nitrogen and oxygen atoms in total. The van der Waals surface area contributed by atoms with Gasteiger partial charge in [0.15, 0.2) is 0 Å². The molecule has 0 radical (unpaired) electrons. The summed E-state index contributed by atoms with van der Waals surface area (Å²) in [6.07, 6.45) is 1.62. The van der Waals surface area contributed by atoms with Crippen molar-refractivity contribution in [1.82, 2.24) is 10.1 Å². The smallest absolute Gasteiger partial charge is 0.227 e. The second-order valence-electron chi connectivity index (χ2n) is 4.62. The molecule has 3 aromatic rings. The van der Waals surface area contributed by atoms with E-state index < -0.39 is 0 Å². The van der Waals surface area contributed by atoms with Gasteiger partial charge in [-0.2, -0.15) is 4.98 Å². The van der Waals surface area contributed by atoms with Gasteiger partial charge in [0.1, 0.15) is 0 Å². The minimum atomic E-state index is 0.584. The van der Waals surface area contributed by atoms with Crippen molar-refractivity contribution < 1.29 is 4.52 Å². The number of nitrogen functional groups attached to an aromatic ring is 1. The van der Waals surface area contributed by atoms with Crippen molar-refractivity contribution in [3.63, 3.8) is 0 Å². The van der Waals surface area contributed by atoms with Crippen molar-refractivity contribution >= 4 is 5.69 Å². The number of aryl methyl sites for hydroxylation is 2. The molecule has 2 N–H and O–H groups in total. The van der Waals surface area contributed by atoms with E-state index in [2.05, 4.69) is 22.3 Å². The first-order valence-corrected chi connectivity index (χ1v) is 6.54. The molecule has 0 unspecified atom stereocenters. The summed E-state index contributed by atoms with van der Waals surface area (Å²) in [7, 11) is 0. The van der Waals surface area contributed by atoms with Crippen LogP contribution in [0.5, 0.6) is 0 Å². The predicted octanol–water partition coefficient (Wildman–Crippen LogP) is 3.10. The Morgan fingerprint density at radius 2 is 1.80 bits per heavy atom. The molecule has 2 aromatic carbocycles. The fourth-order valence-corrected chi connectivity index (χ4v) is 2.05. The third kappa shape index (κ3) is 2.85. The zero-order valence-electron chi connectivity index (χ0n) is 11.0. The summed E-state index contributed by atoms with van der Waals surface area (Å²) < 4.78 is 5.28. The molecule has 0 saturated carbocycles. The van der Waals surface area contributed by atoms with Gasteiger partial charge in [-0.05, 0) is 24.1 Å². The van der Waals surface area contributed by atoms with Crippen LogP contribution in [0.1, 0.15) is 11.5 Å². The summed E-state index contributed by atoms with van der Waals surface area (Å²) in [5, 5.41) is 4.00. The van der Waals surface area contributed by atoms with Gasteiger partial charge in [0.2, 0.25) is 11.7 Å². The van der Waals surface area contributed by atoms with Crippen LogP contribution in [0, 0.1) is 0 Å². The van der Waals surface area contributed by atoms with Crippen LogP contribution < -0.4 is 5.73 Å². The predicted molar refractivity (Wildman–Crippen MR) is 78.0 cm³/mol. The highest BCUT2D eigenvalue weighted by atomic mass is 16.5. The van der Waals surface area contributed by atoms with E-state index in [-0.39, 0.29) is 0 Å². The van der Waals surface area contributed by atoms with Gasteiger partial charge in [-0.3, -0.25) is 0 Å². The Hall–Kier alpha value is -2.62. The van der Waals surface area contributed by atoms with Crippen molar-refractivity contribution in [2.75, 3.05) is 5.73 Å². The van der Waals surface area contributed by atoms with Crippen molar-refractivity contribution in [2.24, 2.45) is 0 Å². The number of hydrogen-bond donors (Lipinski definition) is 1. The van der Waals surface area contributed by atoms with E-state index in [1.54, 1.807) is 0 Å². The number of hydrogen-bond acceptors (Lipinski definition) is 4. The van der Waals surface area contributed by atoms with Crippen LogP contribution in [0.4, 0.5) is 5.69 Å². The normalized spacial score (nSPS) is 10.6. The van der Waals surface area contributed by atoms with Crippen LogP contribution in [0.15, 0.2) is 59.1 Å². The van der Waals surface area contributed by atoms with E-state index in [9.17, 15) is 0 Å². The van der Waals surface area contributed by atoms with Crippen LogP contribution in [0.3, 0.4) is 0 Å². The molecular formula is C16H15N3O. The average Bonchev–Trinajstić information content (AvgIpc) is 2.95. The van der Waals surface area contributed by atoms with Crippen LogP contribution in [0.2, 0.25) is 0 Å². The van der Waals surface area contributed by atoms with Gasteiger partial charge in [0.25, 0.3) is 0 Å². The lowest BCUT2D eigenvalue weighted by atomic mass is 10.1. The summed E-state index contributed by atoms with van der Waals surface area (Å²) in [6, 6.07) is 17.7. The minimum Gasteiger partial charge on any atom is -0.399 e. The molecule has 0 aliphatic heterocycles.